The molecule has 0 saturated heterocycles. The summed E-state index contributed by atoms with van der Waals surface area (Å²) in [6.07, 6.45) is 0.964. The first kappa shape index (κ1) is 12.5. The Kier molecular flexibility index (Phi) is 5.69. The van der Waals surface area contributed by atoms with Crippen molar-refractivity contribution in [2.75, 3.05) is 19.8 Å². The van der Waals surface area contributed by atoms with Gasteiger partial charge in [-0.1, -0.05) is 23.7 Å². The van der Waals surface area contributed by atoms with Crippen LogP contribution < -0.4 is 5.73 Å². The average molecular weight is 228 g/mol. The predicted molar refractivity (Wildman–Crippen MR) is 64.4 cm³/mol. The molecule has 0 aliphatic rings. The van der Waals surface area contributed by atoms with E-state index < -0.39 is 0 Å². The Morgan fingerprint density at radius 1 is 1.33 bits per heavy atom. The molecule has 0 spiro atoms. The largest absolute Gasteiger partial charge is 0.382 e. The van der Waals surface area contributed by atoms with Crippen LogP contribution in [0, 0.1) is 0 Å². The normalized spacial score (nSPS) is 12.7. The van der Waals surface area contributed by atoms with Crippen molar-refractivity contribution < 1.29 is 4.74 Å². The fraction of sp³-hybridized carbons (Fsp3) is 0.500. The van der Waals surface area contributed by atoms with Crippen LogP contribution in [0.15, 0.2) is 24.3 Å². The number of hydrogen-bond donors (Lipinski definition) is 1. The molecule has 1 atom stereocenters. The zero-order valence-corrected chi connectivity index (χ0v) is 9.83. The van der Waals surface area contributed by atoms with Crippen LogP contribution in [0.1, 0.15) is 24.8 Å². The molecule has 0 fully saturated rings. The highest BCUT2D eigenvalue weighted by Crippen LogP contribution is 2.20. The third kappa shape index (κ3) is 4.20. The highest BCUT2D eigenvalue weighted by atomic mass is 35.5. The summed E-state index contributed by atoms with van der Waals surface area (Å²) in [4.78, 5) is 0. The van der Waals surface area contributed by atoms with E-state index in [0.717, 1.165) is 24.7 Å². The van der Waals surface area contributed by atoms with E-state index in [0.29, 0.717) is 12.5 Å². The number of nitrogens with two attached hydrogens (primary N) is 1. The van der Waals surface area contributed by atoms with Crippen molar-refractivity contribution in [3.63, 3.8) is 0 Å². The smallest absolute Gasteiger partial charge is 0.0472 e. The van der Waals surface area contributed by atoms with E-state index in [1.54, 1.807) is 0 Å². The number of benzene rings is 1. The lowest BCUT2D eigenvalue weighted by atomic mass is 9.96. The molecule has 1 rings (SSSR count). The zero-order valence-electron chi connectivity index (χ0n) is 9.08. The maximum Gasteiger partial charge on any atom is 0.0472 e. The van der Waals surface area contributed by atoms with Gasteiger partial charge in [-0.3, -0.25) is 0 Å². The molecule has 15 heavy (non-hydrogen) atoms. The van der Waals surface area contributed by atoms with Crippen LogP contribution in [-0.2, 0) is 4.74 Å². The van der Waals surface area contributed by atoms with Crippen molar-refractivity contribution in [3.8, 4) is 0 Å². The fourth-order valence-corrected chi connectivity index (χ4v) is 1.65. The van der Waals surface area contributed by atoms with E-state index in [4.69, 9.17) is 22.1 Å². The van der Waals surface area contributed by atoms with Crippen molar-refractivity contribution in [1.29, 1.82) is 0 Å². The van der Waals surface area contributed by atoms with Crippen LogP contribution in [0.3, 0.4) is 0 Å². The molecular formula is C12H18ClNO. The lowest BCUT2D eigenvalue weighted by Crippen LogP contribution is -2.14. The van der Waals surface area contributed by atoms with Crippen LogP contribution in [0.4, 0.5) is 0 Å². The van der Waals surface area contributed by atoms with Gasteiger partial charge in [-0.05, 0) is 43.5 Å². The second-order valence-electron chi connectivity index (χ2n) is 3.47. The summed E-state index contributed by atoms with van der Waals surface area (Å²) in [5.41, 5.74) is 6.97. The molecule has 0 radical (unpaired) electrons. The van der Waals surface area contributed by atoms with Crippen molar-refractivity contribution in [2.24, 2.45) is 5.73 Å². The van der Waals surface area contributed by atoms with E-state index in [2.05, 4.69) is 0 Å². The first-order valence-corrected chi connectivity index (χ1v) is 5.69. The minimum atomic E-state index is 0.369. The van der Waals surface area contributed by atoms with E-state index in [1.807, 2.05) is 31.2 Å². The third-order valence-electron chi connectivity index (χ3n) is 2.44. The fourth-order valence-electron chi connectivity index (χ4n) is 1.53. The monoisotopic (exact) mass is 227 g/mol. The summed E-state index contributed by atoms with van der Waals surface area (Å²) < 4.78 is 5.33. The molecule has 0 aliphatic heterocycles. The van der Waals surface area contributed by atoms with Gasteiger partial charge in [0.05, 0.1) is 0 Å². The van der Waals surface area contributed by atoms with Crippen LogP contribution in [-0.4, -0.2) is 19.8 Å². The second-order valence-corrected chi connectivity index (χ2v) is 3.91. The van der Waals surface area contributed by atoms with Gasteiger partial charge in [0.25, 0.3) is 0 Å². The number of ether oxygens (including phenoxy) is 1. The molecule has 1 unspecified atom stereocenters. The molecule has 84 valence electrons. The molecule has 1 aromatic carbocycles. The molecule has 1 aromatic rings. The van der Waals surface area contributed by atoms with Crippen LogP contribution >= 0.6 is 11.6 Å². The first-order chi connectivity index (χ1) is 7.27. The standard InChI is InChI=1S/C12H18ClNO/c1-2-15-8-7-11(9-14)10-3-5-12(13)6-4-10/h3-6,11H,2,7-9,14H2,1H3. The minimum absolute atomic E-state index is 0.369. The molecule has 0 saturated carbocycles. The first-order valence-electron chi connectivity index (χ1n) is 5.31. The van der Waals surface area contributed by atoms with Crippen molar-refractivity contribution >= 4 is 11.6 Å². The summed E-state index contributed by atoms with van der Waals surface area (Å²) in [5, 5.41) is 0.763. The Labute approximate surface area is 96.4 Å². The Bertz CT molecular complexity index is 273. The SMILES string of the molecule is CCOCCC(CN)c1ccc(Cl)cc1. The third-order valence-corrected chi connectivity index (χ3v) is 2.69. The van der Waals surface area contributed by atoms with Gasteiger partial charge in [0.1, 0.15) is 0 Å². The van der Waals surface area contributed by atoms with E-state index in [9.17, 15) is 0 Å². The number of halogens is 1. The van der Waals surface area contributed by atoms with Crippen LogP contribution in [0.5, 0.6) is 0 Å². The molecule has 0 aromatic heterocycles. The molecule has 0 aliphatic carbocycles. The van der Waals surface area contributed by atoms with E-state index >= 15 is 0 Å². The average Bonchev–Trinajstić information content (AvgIpc) is 2.26. The Hall–Kier alpha value is -0.570. The quantitative estimate of drug-likeness (QED) is 0.759. The molecule has 0 heterocycles. The van der Waals surface area contributed by atoms with Crippen molar-refractivity contribution in [1.82, 2.24) is 0 Å². The van der Waals surface area contributed by atoms with Gasteiger partial charge in [-0.2, -0.15) is 0 Å². The number of hydrogen-bond acceptors (Lipinski definition) is 2. The van der Waals surface area contributed by atoms with Gasteiger partial charge < -0.3 is 10.5 Å². The molecule has 3 heteroatoms. The van der Waals surface area contributed by atoms with Gasteiger partial charge in [0.2, 0.25) is 0 Å². The van der Waals surface area contributed by atoms with Crippen molar-refractivity contribution in [3.05, 3.63) is 34.9 Å². The topological polar surface area (TPSA) is 35.2 Å². The lowest BCUT2D eigenvalue weighted by Gasteiger charge is -2.14. The Morgan fingerprint density at radius 3 is 2.53 bits per heavy atom. The second kappa shape index (κ2) is 6.83. The van der Waals surface area contributed by atoms with E-state index in [1.165, 1.54) is 5.56 Å². The van der Waals surface area contributed by atoms with Crippen LogP contribution in [0.2, 0.25) is 5.02 Å². The van der Waals surface area contributed by atoms with Crippen LogP contribution in [0.25, 0.3) is 0 Å². The maximum absolute atomic E-state index is 5.83. The molecule has 2 N–H and O–H groups in total. The minimum Gasteiger partial charge on any atom is -0.382 e. The summed E-state index contributed by atoms with van der Waals surface area (Å²) in [5.74, 6) is 0.369. The molecular weight excluding hydrogens is 210 g/mol. The zero-order chi connectivity index (χ0) is 11.1. The van der Waals surface area contributed by atoms with Gasteiger partial charge in [-0.15, -0.1) is 0 Å². The highest BCUT2D eigenvalue weighted by molar-refractivity contribution is 6.30. The van der Waals surface area contributed by atoms with E-state index in [-0.39, 0.29) is 0 Å². The Balaban J connectivity index is 2.53. The highest BCUT2D eigenvalue weighted by Gasteiger charge is 2.08. The predicted octanol–water partition coefficient (Wildman–Crippen LogP) is 2.81. The summed E-state index contributed by atoms with van der Waals surface area (Å²) in [6.45, 7) is 4.17. The van der Waals surface area contributed by atoms with Crippen molar-refractivity contribution in [2.45, 2.75) is 19.3 Å². The molecule has 2 nitrogen and oxygen atoms in total. The summed E-state index contributed by atoms with van der Waals surface area (Å²) >= 11 is 5.83. The maximum atomic E-state index is 5.83. The molecule has 0 amide bonds. The molecule has 0 bridgehead atoms. The van der Waals surface area contributed by atoms with Gasteiger partial charge in [0, 0.05) is 18.2 Å². The lowest BCUT2D eigenvalue weighted by molar-refractivity contribution is 0.140. The summed E-state index contributed by atoms with van der Waals surface area (Å²) in [7, 11) is 0. The number of rotatable bonds is 6. The van der Waals surface area contributed by atoms with Gasteiger partial charge in [0.15, 0.2) is 0 Å². The Morgan fingerprint density at radius 2 is 2.00 bits per heavy atom. The summed E-state index contributed by atoms with van der Waals surface area (Å²) in [6, 6.07) is 7.87. The van der Waals surface area contributed by atoms with Gasteiger partial charge in [-0.25, -0.2) is 0 Å². The van der Waals surface area contributed by atoms with Gasteiger partial charge >= 0.3 is 0 Å².